The van der Waals surface area contributed by atoms with E-state index in [9.17, 15) is 38.8 Å². The third-order valence-corrected chi connectivity index (χ3v) is 8.65. The molecule has 4 atom stereocenters. The summed E-state index contributed by atoms with van der Waals surface area (Å²) in [6.45, 7) is 1.24. The number of imidazole rings is 1. The van der Waals surface area contributed by atoms with E-state index in [2.05, 4.69) is 20.6 Å². The van der Waals surface area contributed by atoms with Gasteiger partial charge in [0.05, 0.1) is 31.7 Å². The van der Waals surface area contributed by atoms with Gasteiger partial charge in [0, 0.05) is 54.8 Å². The van der Waals surface area contributed by atoms with Gasteiger partial charge in [-0.2, -0.15) is 4.39 Å². The lowest BCUT2D eigenvalue weighted by Gasteiger charge is -2.32. The van der Waals surface area contributed by atoms with Crippen LogP contribution in [0, 0.1) is 24.5 Å². The zero-order valence-corrected chi connectivity index (χ0v) is 26.8. The van der Waals surface area contributed by atoms with Crippen molar-refractivity contribution in [3.63, 3.8) is 0 Å². The first-order chi connectivity index (χ1) is 23.4. The number of rotatable bonds is 12. The second kappa shape index (κ2) is 15.2. The summed E-state index contributed by atoms with van der Waals surface area (Å²) < 4.78 is 35.7. The highest BCUT2D eigenvalue weighted by Crippen LogP contribution is 2.32. The number of piperidine rings is 1. The van der Waals surface area contributed by atoms with Gasteiger partial charge in [-0.05, 0) is 55.7 Å². The van der Waals surface area contributed by atoms with Crippen LogP contribution in [0.2, 0.25) is 0 Å². The van der Waals surface area contributed by atoms with Crippen molar-refractivity contribution in [3.05, 3.63) is 71.7 Å². The average Bonchev–Trinajstić information content (AvgIpc) is 3.55. The number of hydrogen-bond acceptors (Lipinski definition) is 11. The van der Waals surface area contributed by atoms with E-state index in [1.807, 2.05) is 0 Å². The normalized spacial score (nSPS) is 16.2. The van der Waals surface area contributed by atoms with Gasteiger partial charge < -0.3 is 45.8 Å². The van der Waals surface area contributed by atoms with Crippen molar-refractivity contribution >= 4 is 29.0 Å². The van der Waals surface area contributed by atoms with Crippen LogP contribution in [0.15, 0.2) is 48.9 Å². The summed E-state index contributed by atoms with van der Waals surface area (Å²) in [4.78, 5) is 36.5. The van der Waals surface area contributed by atoms with Gasteiger partial charge in [0.2, 0.25) is 11.7 Å². The molecule has 4 aromatic rings. The Kier molecular flexibility index (Phi) is 11.0. The number of halogens is 2. The Bertz CT molecular complexity index is 1820. The number of aliphatic hydroxyl groups is 5. The van der Waals surface area contributed by atoms with Crippen LogP contribution in [0.5, 0.6) is 5.75 Å². The van der Waals surface area contributed by atoms with Crippen molar-refractivity contribution in [1.29, 1.82) is 0 Å². The molecule has 2 aromatic carbocycles. The van der Waals surface area contributed by atoms with Crippen LogP contribution >= 0.6 is 0 Å². The number of anilines is 2. The van der Waals surface area contributed by atoms with Crippen LogP contribution in [0.4, 0.5) is 20.3 Å². The van der Waals surface area contributed by atoms with Crippen LogP contribution in [0.1, 0.15) is 28.8 Å². The van der Waals surface area contributed by atoms with E-state index in [0.29, 0.717) is 59.9 Å². The minimum absolute atomic E-state index is 0.00229. The molecule has 0 bridgehead atoms. The van der Waals surface area contributed by atoms with Gasteiger partial charge in [0.1, 0.15) is 18.3 Å². The highest BCUT2D eigenvalue weighted by molar-refractivity contribution is 5.96. The number of nitrogens with zero attached hydrogens (tertiary/aromatic N) is 4. The number of amides is 2. The molecule has 0 saturated carbocycles. The molecule has 1 fully saturated rings. The van der Waals surface area contributed by atoms with Crippen molar-refractivity contribution in [2.45, 2.75) is 44.2 Å². The molecule has 3 heterocycles. The Labute approximate surface area is 279 Å². The van der Waals surface area contributed by atoms with Crippen LogP contribution in [0.3, 0.4) is 0 Å². The van der Waals surface area contributed by atoms with E-state index in [1.54, 1.807) is 40.6 Å². The number of aromatic nitrogens is 3. The maximum absolute atomic E-state index is 14.8. The molecule has 1 aliphatic rings. The number of carbonyl (C=O) groups is 2. The molecule has 16 heteroatoms. The molecule has 262 valence electrons. The molecule has 4 unspecified atom stereocenters. The van der Waals surface area contributed by atoms with Crippen LogP contribution < -0.4 is 15.4 Å². The van der Waals surface area contributed by atoms with Gasteiger partial charge >= 0.3 is 0 Å². The van der Waals surface area contributed by atoms with Gasteiger partial charge in [-0.3, -0.25) is 14.0 Å². The van der Waals surface area contributed by atoms with Gasteiger partial charge in [-0.25, -0.2) is 14.4 Å². The first kappa shape index (κ1) is 35.6. The average molecular weight is 685 g/mol. The predicted molar refractivity (Wildman–Crippen MR) is 172 cm³/mol. The highest BCUT2D eigenvalue weighted by Gasteiger charge is 2.32. The number of fused-ring (bicyclic) bond motifs is 1. The molecule has 0 spiro atoms. The number of ether oxygens (including phenoxy) is 1. The SMILES string of the molecule is COc1ccc(-c2cnc3c(Nc4ccc(C(=O)N5CCC(C(=O)NCC(O)C(O)C(O)C(O)CO)CC5)c(C)c4)nccn23)c(F)c1F. The van der Waals surface area contributed by atoms with E-state index in [-0.39, 0.29) is 29.7 Å². The van der Waals surface area contributed by atoms with Crippen molar-refractivity contribution in [1.82, 2.24) is 24.6 Å². The molecule has 2 aromatic heterocycles. The summed E-state index contributed by atoms with van der Waals surface area (Å²) in [5.41, 5.74) is 2.44. The largest absolute Gasteiger partial charge is 0.494 e. The number of hydrogen-bond donors (Lipinski definition) is 7. The maximum Gasteiger partial charge on any atom is 0.254 e. The van der Waals surface area contributed by atoms with Gasteiger partial charge in [0.15, 0.2) is 23.0 Å². The third-order valence-electron chi connectivity index (χ3n) is 8.65. The Hall–Kier alpha value is -4.74. The maximum atomic E-state index is 14.8. The monoisotopic (exact) mass is 684 g/mol. The number of methoxy groups -OCH3 is 1. The molecule has 0 radical (unpaired) electrons. The second-order valence-corrected chi connectivity index (χ2v) is 11.8. The smallest absolute Gasteiger partial charge is 0.254 e. The Morgan fingerprint density at radius 3 is 2.41 bits per heavy atom. The number of benzene rings is 2. The zero-order valence-electron chi connectivity index (χ0n) is 26.8. The quantitative estimate of drug-likeness (QED) is 0.113. The molecular formula is C33H38F2N6O8. The summed E-state index contributed by atoms with van der Waals surface area (Å²) in [6.07, 6.45) is -1.56. The molecule has 7 N–H and O–H groups in total. The summed E-state index contributed by atoms with van der Waals surface area (Å²) in [7, 11) is 1.25. The van der Waals surface area contributed by atoms with Gasteiger partial charge in [-0.15, -0.1) is 0 Å². The number of nitrogens with one attached hydrogen (secondary N) is 2. The van der Waals surface area contributed by atoms with Crippen LogP contribution in [-0.2, 0) is 4.79 Å². The number of aliphatic hydroxyl groups excluding tert-OH is 5. The molecule has 49 heavy (non-hydrogen) atoms. The molecule has 0 aliphatic carbocycles. The first-order valence-electron chi connectivity index (χ1n) is 15.6. The molecular weight excluding hydrogens is 646 g/mol. The van der Waals surface area contributed by atoms with Crippen LogP contribution in [-0.4, -0.2) is 114 Å². The summed E-state index contributed by atoms with van der Waals surface area (Å²) in [6, 6.07) is 7.91. The van der Waals surface area contributed by atoms with E-state index >= 15 is 0 Å². The van der Waals surface area contributed by atoms with Gasteiger partial charge in [-0.1, -0.05) is 0 Å². The first-order valence-corrected chi connectivity index (χ1v) is 15.6. The zero-order chi connectivity index (χ0) is 35.4. The van der Waals surface area contributed by atoms with E-state index in [1.165, 1.54) is 31.6 Å². The van der Waals surface area contributed by atoms with Crippen molar-refractivity contribution in [2.75, 3.05) is 38.7 Å². The van der Waals surface area contributed by atoms with Crippen molar-refractivity contribution < 1.29 is 48.6 Å². The fraction of sp³-hybridized carbons (Fsp3) is 0.394. The van der Waals surface area contributed by atoms with Crippen molar-refractivity contribution in [2.24, 2.45) is 5.92 Å². The Balaban J connectivity index is 1.19. The fourth-order valence-corrected chi connectivity index (χ4v) is 5.76. The van der Waals surface area contributed by atoms with Gasteiger partial charge in [0.25, 0.3) is 5.91 Å². The lowest BCUT2D eigenvalue weighted by atomic mass is 9.94. The lowest BCUT2D eigenvalue weighted by Crippen LogP contribution is -2.50. The fourth-order valence-electron chi connectivity index (χ4n) is 5.76. The third kappa shape index (κ3) is 7.47. The second-order valence-electron chi connectivity index (χ2n) is 11.8. The minimum atomic E-state index is -1.79. The lowest BCUT2D eigenvalue weighted by molar-refractivity contribution is -0.130. The number of carbonyl (C=O) groups excluding carboxylic acids is 2. The summed E-state index contributed by atoms with van der Waals surface area (Å²) in [5.74, 6) is -3.05. The van der Waals surface area contributed by atoms with Crippen molar-refractivity contribution in [3.8, 4) is 17.0 Å². The summed E-state index contributed by atoms with van der Waals surface area (Å²) in [5, 5.41) is 53.8. The minimum Gasteiger partial charge on any atom is -0.494 e. The molecule has 14 nitrogen and oxygen atoms in total. The molecule has 5 rings (SSSR count). The molecule has 1 aliphatic heterocycles. The topological polar surface area (TPSA) is 202 Å². The predicted octanol–water partition coefficient (Wildman–Crippen LogP) is 1.14. The standard InChI is InChI=1S/C33H38F2N6O8/c1-17-13-19(39-30-31-37-14-22(41(31)12-9-36-30)21-5-6-25(49-2)27(35)26(21)34)3-4-20(17)33(48)40-10-7-18(8-11-40)32(47)38-15-23(43)28(45)29(46)24(44)16-42/h3-6,9,12-14,18,23-24,28-29,42-46H,7-8,10-11,15-16H2,1-2H3,(H,36,39)(H,38,47). The Morgan fingerprint density at radius 2 is 1.73 bits per heavy atom. The highest BCUT2D eigenvalue weighted by atomic mass is 19.2. The molecule has 2 amide bonds. The summed E-state index contributed by atoms with van der Waals surface area (Å²) >= 11 is 0. The number of likely N-dealkylation sites (tertiary alicyclic amines) is 1. The molecule has 1 saturated heterocycles. The van der Waals surface area contributed by atoms with Crippen LogP contribution in [0.25, 0.3) is 16.9 Å². The number of aryl methyl sites for hydroxylation is 1. The van der Waals surface area contributed by atoms with E-state index in [0.717, 1.165) is 0 Å². The van der Waals surface area contributed by atoms with E-state index in [4.69, 9.17) is 9.84 Å². The van der Waals surface area contributed by atoms with E-state index < -0.39 is 48.6 Å². The Morgan fingerprint density at radius 1 is 1.02 bits per heavy atom.